The number of aryl methyl sites for hydroxylation is 1. The van der Waals surface area contributed by atoms with Crippen LogP contribution in [0.5, 0.6) is 0 Å². The van der Waals surface area contributed by atoms with Crippen LogP contribution in [0.1, 0.15) is 58.6 Å². The van der Waals surface area contributed by atoms with Crippen LogP contribution in [0.25, 0.3) is 0 Å². The normalized spacial score (nSPS) is 20.9. The van der Waals surface area contributed by atoms with Crippen molar-refractivity contribution in [2.24, 2.45) is 5.92 Å². The van der Waals surface area contributed by atoms with Gasteiger partial charge in [0.15, 0.2) is 0 Å². The Hall–Kier alpha value is -2.92. The van der Waals surface area contributed by atoms with Crippen LogP contribution >= 0.6 is 0 Å². The maximum Gasteiger partial charge on any atom is 0.416 e. The molecule has 4 rings (SSSR count). The number of nitrogens with zero attached hydrogens (tertiary/aromatic N) is 2. The van der Waals surface area contributed by atoms with Gasteiger partial charge in [-0.25, -0.2) is 8.42 Å². The van der Waals surface area contributed by atoms with E-state index in [1.165, 1.54) is 15.4 Å². The second-order valence-electron chi connectivity index (χ2n) is 10.5. The predicted molar refractivity (Wildman–Crippen MR) is 142 cm³/mol. The van der Waals surface area contributed by atoms with Gasteiger partial charge in [-0.15, -0.1) is 0 Å². The number of nitrogens with one attached hydrogen (secondary N) is 1. The number of sulfonamides is 1. The molecule has 3 atom stereocenters. The van der Waals surface area contributed by atoms with Crippen molar-refractivity contribution in [1.82, 2.24) is 14.5 Å². The summed E-state index contributed by atoms with van der Waals surface area (Å²) in [5, 5.41) is 2.73. The van der Waals surface area contributed by atoms with E-state index in [1.807, 2.05) is 6.92 Å². The molecule has 11 heteroatoms. The number of piperazine rings is 1. The molecule has 7 nitrogen and oxygen atoms in total. The molecule has 2 amide bonds. The number of carbonyl (C=O) groups excluding carboxylic acids is 2. The molecule has 1 heterocycles. The maximum absolute atomic E-state index is 13.4. The van der Waals surface area contributed by atoms with Crippen molar-refractivity contribution in [2.75, 3.05) is 32.4 Å². The van der Waals surface area contributed by atoms with Crippen LogP contribution in [0.15, 0.2) is 48.5 Å². The Morgan fingerprint density at radius 3 is 2.18 bits per heavy atom. The molecular weight excluding hydrogens is 531 g/mol. The minimum Gasteiger partial charge on any atom is -0.340 e. The summed E-state index contributed by atoms with van der Waals surface area (Å²) in [7, 11) is -3.37. The van der Waals surface area contributed by atoms with Crippen LogP contribution in [0.2, 0.25) is 0 Å². The zero-order valence-corrected chi connectivity index (χ0v) is 22.9. The molecule has 2 fully saturated rings. The number of rotatable bonds is 9. The molecule has 1 saturated carbocycles. The Balaban J connectivity index is 1.39. The van der Waals surface area contributed by atoms with Gasteiger partial charge in [0.1, 0.15) is 6.04 Å². The average molecular weight is 566 g/mol. The van der Waals surface area contributed by atoms with Gasteiger partial charge >= 0.3 is 6.18 Å². The Labute approximate surface area is 227 Å². The first-order valence-electron chi connectivity index (χ1n) is 13.1. The number of halogens is 3. The van der Waals surface area contributed by atoms with Gasteiger partial charge in [0.2, 0.25) is 15.9 Å². The molecule has 1 aliphatic carbocycles. The Morgan fingerprint density at radius 1 is 1.00 bits per heavy atom. The highest BCUT2D eigenvalue weighted by atomic mass is 32.2. The van der Waals surface area contributed by atoms with Crippen molar-refractivity contribution < 1.29 is 31.2 Å². The standard InChI is InChI=1S/C28H34F3N3O4S/c1-19-6-8-20(9-7-19)24-18-22(24)4-3-5-25(27(36)33-14-16-34(17-15-33)39(2,37)38)32-26(35)21-10-12-23(13-11-21)28(29,30)31/h6-13,22,24-25H,3-5,14-18H2,1-2H3,(H,32,35)/t22-,24+,25+/m1/s1. The zero-order chi connectivity index (χ0) is 28.4. The molecule has 1 saturated heterocycles. The topological polar surface area (TPSA) is 86.8 Å². The minimum atomic E-state index is -4.51. The quantitative estimate of drug-likeness (QED) is 0.494. The second-order valence-corrected chi connectivity index (χ2v) is 12.5. The molecule has 39 heavy (non-hydrogen) atoms. The highest BCUT2D eigenvalue weighted by Crippen LogP contribution is 2.50. The largest absolute Gasteiger partial charge is 0.416 e. The zero-order valence-electron chi connectivity index (χ0n) is 22.1. The Kier molecular flexibility index (Phi) is 8.70. The molecule has 1 N–H and O–H groups in total. The van der Waals surface area contributed by atoms with E-state index in [4.69, 9.17) is 0 Å². The molecule has 2 aromatic carbocycles. The highest BCUT2D eigenvalue weighted by Gasteiger charge is 2.38. The summed E-state index contributed by atoms with van der Waals surface area (Å²) in [6.45, 7) is 2.80. The molecule has 212 valence electrons. The van der Waals surface area contributed by atoms with Crippen LogP contribution in [0, 0.1) is 12.8 Å². The van der Waals surface area contributed by atoms with E-state index < -0.39 is 33.7 Å². The van der Waals surface area contributed by atoms with Gasteiger partial charge in [-0.05, 0) is 67.9 Å². The lowest BCUT2D eigenvalue weighted by molar-refractivity contribution is -0.137. The van der Waals surface area contributed by atoms with Crippen molar-refractivity contribution in [3.05, 3.63) is 70.8 Å². The molecule has 0 aromatic heterocycles. The van der Waals surface area contributed by atoms with Gasteiger partial charge in [-0.1, -0.05) is 36.2 Å². The van der Waals surface area contributed by atoms with E-state index in [-0.39, 0.29) is 37.6 Å². The lowest BCUT2D eigenvalue weighted by Crippen LogP contribution is -2.55. The van der Waals surface area contributed by atoms with E-state index in [0.29, 0.717) is 24.7 Å². The van der Waals surface area contributed by atoms with Crippen molar-refractivity contribution >= 4 is 21.8 Å². The molecule has 0 bridgehead atoms. The van der Waals surface area contributed by atoms with Gasteiger partial charge in [-0.3, -0.25) is 9.59 Å². The smallest absolute Gasteiger partial charge is 0.340 e. The third-order valence-corrected chi connectivity index (χ3v) is 8.90. The molecule has 1 aliphatic heterocycles. The monoisotopic (exact) mass is 565 g/mol. The molecular formula is C28H34F3N3O4S. The third kappa shape index (κ3) is 7.60. The van der Waals surface area contributed by atoms with E-state index in [2.05, 4.69) is 29.6 Å². The fourth-order valence-electron chi connectivity index (χ4n) is 5.14. The minimum absolute atomic E-state index is 0.0318. The van der Waals surface area contributed by atoms with Crippen molar-refractivity contribution in [2.45, 2.75) is 50.7 Å². The maximum atomic E-state index is 13.4. The SMILES string of the molecule is Cc1ccc([C@@H]2C[C@H]2CCC[C@H](NC(=O)c2ccc(C(F)(F)F)cc2)C(=O)N2CCN(S(C)(=O)=O)CC2)cc1. The lowest BCUT2D eigenvalue weighted by Gasteiger charge is -2.35. The highest BCUT2D eigenvalue weighted by molar-refractivity contribution is 7.88. The molecule has 2 aliphatic rings. The first-order chi connectivity index (χ1) is 18.3. The molecule has 0 radical (unpaired) electrons. The van der Waals surface area contributed by atoms with Crippen LogP contribution in [-0.4, -0.2) is 67.9 Å². The van der Waals surface area contributed by atoms with Crippen LogP contribution in [0.3, 0.4) is 0 Å². The summed E-state index contributed by atoms with van der Waals surface area (Å²) in [5.74, 6) is 0.0630. The van der Waals surface area contributed by atoms with Gasteiger partial charge in [0, 0.05) is 31.7 Å². The second kappa shape index (κ2) is 11.7. The van der Waals surface area contributed by atoms with Crippen LogP contribution in [0.4, 0.5) is 13.2 Å². The average Bonchev–Trinajstić information content (AvgIpc) is 3.66. The predicted octanol–water partition coefficient (Wildman–Crippen LogP) is 4.19. The number of carbonyl (C=O) groups is 2. The number of hydrogen-bond donors (Lipinski definition) is 1. The first kappa shape index (κ1) is 29.1. The van der Waals surface area contributed by atoms with Crippen molar-refractivity contribution in [1.29, 1.82) is 0 Å². The molecule has 0 spiro atoms. The lowest BCUT2D eigenvalue weighted by atomic mass is 10.0. The Bertz CT molecular complexity index is 1270. The number of benzene rings is 2. The summed E-state index contributed by atoms with van der Waals surface area (Å²) in [5.41, 5.74) is 1.68. The Morgan fingerprint density at radius 2 is 1.62 bits per heavy atom. The molecule has 2 aromatic rings. The number of alkyl halides is 3. The van der Waals surface area contributed by atoms with E-state index in [9.17, 15) is 31.2 Å². The summed E-state index contributed by atoms with van der Waals surface area (Å²) in [6, 6.07) is 11.5. The van der Waals surface area contributed by atoms with Crippen LogP contribution < -0.4 is 5.32 Å². The van der Waals surface area contributed by atoms with Gasteiger partial charge in [0.05, 0.1) is 11.8 Å². The first-order valence-corrected chi connectivity index (χ1v) is 15.0. The van der Waals surface area contributed by atoms with Crippen molar-refractivity contribution in [3.8, 4) is 0 Å². The summed E-state index contributed by atoms with van der Waals surface area (Å²) in [6.07, 6.45) is -0.345. The third-order valence-electron chi connectivity index (χ3n) is 7.59. The summed E-state index contributed by atoms with van der Waals surface area (Å²) in [4.78, 5) is 27.9. The fraction of sp³-hybridized carbons (Fsp3) is 0.500. The van der Waals surface area contributed by atoms with Gasteiger partial charge in [-0.2, -0.15) is 17.5 Å². The fourth-order valence-corrected chi connectivity index (χ4v) is 5.97. The number of hydrogen-bond acceptors (Lipinski definition) is 4. The van der Waals surface area contributed by atoms with E-state index in [1.54, 1.807) is 4.90 Å². The summed E-state index contributed by atoms with van der Waals surface area (Å²) < 4.78 is 63.7. The van der Waals surface area contributed by atoms with Gasteiger partial charge in [0.25, 0.3) is 5.91 Å². The summed E-state index contributed by atoms with van der Waals surface area (Å²) >= 11 is 0. The molecule has 0 unspecified atom stereocenters. The van der Waals surface area contributed by atoms with Crippen LogP contribution in [-0.2, 0) is 21.0 Å². The van der Waals surface area contributed by atoms with E-state index >= 15 is 0 Å². The van der Waals surface area contributed by atoms with Crippen molar-refractivity contribution in [3.63, 3.8) is 0 Å². The van der Waals surface area contributed by atoms with E-state index in [0.717, 1.165) is 43.4 Å². The van der Waals surface area contributed by atoms with Gasteiger partial charge < -0.3 is 10.2 Å². The number of amides is 2.